The molecule has 0 aliphatic carbocycles. The number of rotatable bonds is 3. The summed E-state index contributed by atoms with van der Waals surface area (Å²) < 4.78 is 0. The number of hydrogen-bond donors (Lipinski definition) is 3. The molecule has 0 radical (unpaired) electrons. The Hall–Kier alpha value is -1.13. The van der Waals surface area contributed by atoms with Gasteiger partial charge in [0.1, 0.15) is 0 Å². The third-order valence-corrected chi connectivity index (χ3v) is 4.22. The molecule has 0 spiro atoms. The number of thiocarbonyl (C=S) groups is 1. The third kappa shape index (κ3) is 5.29. The van der Waals surface area contributed by atoms with Crippen LogP contribution in [0.5, 0.6) is 0 Å². The van der Waals surface area contributed by atoms with Gasteiger partial charge in [0.05, 0.1) is 11.1 Å². The average molecular weight is 306 g/mol. The topological polar surface area (TPSA) is 40.7 Å². The van der Waals surface area contributed by atoms with Gasteiger partial charge in [-0.05, 0) is 45.5 Å². The third-order valence-electron chi connectivity index (χ3n) is 3.96. The number of hydrogen-bond acceptors (Lipinski definition) is 1. The van der Waals surface area contributed by atoms with Crippen molar-refractivity contribution in [1.29, 1.82) is 0 Å². The summed E-state index contributed by atoms with van der Waals surface area (Å²) in [5.74, 6) is 0. The molecule has 3 nitrogen and oxygen atoms in total. The molecule has 1 saturated heterocycles. The Balaban J connectivity index is 1.85. The van der Waals surface area contributed by atoms with Gasteiger partial charge >= 0.3 is 0 Å². The van der Waals surface area contributed by atoms with E-state index in [2.05, 4.69) is 67.9 Å². The van der Waals surface area contributed by atoms with E-state index in [4.69, 9.17) is 12.2 Å². The monoisotopic (exact) mass is 306 g/mol. The van der Waals surface area contributed by atoms with Crippen LogP contribution in [0.4, 0.5) is 0 Å². The van der Waals surface area contributed by atoms with Gasteiger partial charge in [0.2, 0.25) is 0 Å². The zero-order valence-electron chi connectivity index (χ0n) is 13.6. The van der Waals surface area contributed by atoms with Crippen LogP contribution in [0, 0.1) is 0 Å². The molecule has 1 aliphatic heterocycles. The Morgan fingerprint density at radius 2 is 1.71 bits per heavy atom. The Kier molecular flexibility index (Phi) is 4.89. The number of quaternary nitrogens is 1. The maximum absolute atomic E-state index is 5.45. The first-order valence-electron chi connectivity index (χ1n) is 7.71. The van der Waals surface area contributed by atoms with Gasteiger partial charge in [-0.15, -0.1) is 0 Å². The van der Waals surface area contributed by atoms with E-state index >= 15 is 0 Å². The maximum atomic E-state index is 5.45. The predicted octanol–water partition coefficient (Wildman–Crippen LogP) is 1.93. The molecule has 0 bridgehead atoms. The van der Waals surface area contributed by atoms with E-state index in [1.807, 2.05) is 6.07 Å². The normalized spacial score (nSPS) is 20.8. The molecule has 4 heteroatoms. The number of benzene rings is 1. The van der Waals surface area contributed by atoms with Crippen molar-refractivity contribution in [3.05, 3.63) is 35.9 Å². The zero-order chi connectivity index (χ0) is 15.5. The molecule has 0 atom stereocenters. The summed E-state index contributed by atoms with van der Waals surface area (Å²) in [5.41, 5.74) is 1.77. The molecule has 0 unspecified atom stereocenters. The van der Waals surface area contributed by atoms with Crippen LogP contribution >= 0.6 is 12.2 Å². The van der Waals surface area contributed by atoms with Crippen LogP contribution in [0.1, 0.15) is 46.1 Å². The maximum Gasteiger partial charge on any atom is 0.166 e. The zero-order valence-corrected chi connectivity index (χ0v) is 14.4. The largest absolute Gasteiger partial charge is 0.359 e. The molecule has 0 aromatic heterocycles. The van der Waals surface area contributed by atoms with Crippen molar-refractivity contribution in [2.45, 2.75) is 64.2 Å². The standard InChI is InChI=1S/C17H27N3S/c1-16(2)10-14(11-17(3,4)20-16)19-15(21)18-12-13-8-6-5-7-9-13/h5-9,14,20H,10-12H2,1-4H3,(H2,18,19,21)/p+1. The SMILES string of the molecule is CC1(C)CC(NC(=S)NCc2ccccc2)CC(C)(C)[NH2+]1. The predicted molar refractivity (Wildman–Crippen MR) is 92.1 cm³/mol. The molecule has 1 heterocycles. The van der Waals surface area contributed by atoms with Gasteiger partial charge in [-0.2, -0.15) is 0 Å². The van der Waals surface area contributed by atoms with E-state index in [1.54, 1.807) is 0 Å². The molecule has 4 N–H and O–H groups in total. The second kappa shape index (κ2) is 6.32. The van der Waals surface area contributed by atoms with Gasteiger partial charge in [-0.25, -0.2) is 0 Å². The van der Waals surface area contributed by atoms with Crippen molar-refractivity contribution in [3.63, 3.8) is 0 Å². The fourth-order valence-corrected chi connectivity index (χ4v) is 3.87. The van der Waals surface area contributed by atoms with Crippen LogP contribution in [0.2, 0.25) is 0 Å². The lowest BCUT2D eigenvalue weighted by molar-refractivity contribution is -0.787. The van der Waals surface area contributed by atoms with Crippen molar-refractivity contribution < 1.29 is 5.32 Å². The van der Waals surface area contributed by atoms with Gasteiger partial charge in [0, 0.05) is 25.4 Å². The van der Waals surface area contributed by atoms with Crippen LogP contribution in [-0.2, 0) is 6.54 Å². The summed E-state index contributed by atoms with van der Waals surface area (Å²) >= 11 is 5.45. The Bertz CT molecular complexity index is 466. The first-order valence-corrected chi connectivity index (χ1v) is 8.12. The fraction of sp³-hybridized carbons (Fsp3) is 0.588. The minimum Gasteiger partial charge on any atom is -0.359 e. The summed E-state index contributed by atoms with van der Waals surface area (Å²) in [6.07, 6.45) is 2.26. The number of nitrogens with one attached hydrogen (secondary N) is 2. The lowest BCUT2D eigenvalue weighted by atomic mass is 9.80. The highest BCUT2D eigenvalue weighted by molar-refractivity contribution is 7.80. The van der Waals surface area contributed by atoms with Crippen LogP contribution in [0.15, 0.2) is 30.3 Å². The Morgan fingerprint density at radius 1 is 1.14 bits per heavy atom. The molecule has 2 rings (SSSR count). The minimum absolute atomic E-state index is 0.258. The van der Waals surface area contributed by atoms with Gasteiger partial charge in [0.25, 0.3) is 0 Å². The Labute approximate surface area is 133 Å². The Morgan fingerprint density at radius 3 is 2.29 bits per heavy atom. The van der Waals surface area contributed by atoms with Crippen molar-refractivity contribution in [1.82, 2.24) is 10.6 Å². The first-order chi connectivity index (χ1) is 9.76. The van der Waals surface area contributed by atoms with Gasteiger partial charge < -0.3 is 16.0 Å². The highest BCUT2D eigenvalue weighted by Crippen LogP contribution is 2.21. The quantitative estimate of drug-likeness (QED) is 0.748. The molecule has 21 heavy (non-hydrogen) atoms. The van der Waals surface area contributed by atoms with Gasteiger partial charge in [-0.3, -0.25) is 0 Å². The van der Waals surface area contributed by atoms with Crippen LogP contribution < -0.4 is 16.0 Å². The van der Waals surface area contributed by atoms with E-state index in [1.165, 1.54) is 5.56 Å². The molecular weight excluding hydrogens is 278 g/mol. The average Bonchev–Trinajstić information content (AvgIpc) is 2.33. The molecule has 1 aromatic rings. The van der Waals surface area contributed by atoms with Crippen LogP contribution in [0.3, 0.4) is 0 Å². The summed E-state index contributed by atoms with van der Waals surface area (Å²) in [5, 5.41) is 10.1. The summed E-state index contributed by atoms with van der Waals surface area (Å²) in [4.78, 5) is 0. The summed E-state index contributed by atoms with van der Waals surface area (Å²) in [6, 6.07) is 10.8. The molecule has 116 valence electrons. The number of nitrogens with two attached hydrogens (primary N) is 1. The lowest BCUT2D eigenvalue weighted by Gasteiger charge is -2.43. The fourth-order valence-electron chi connectivity index (χ4n) is 3.63. The van der Waals surface area contributed by atoms with E-state index in [9.17, 15) is 0 Å². The van der Waals surface area contributed by atoms with Crippen molar-refractivity contribution in [2.75, 3.05) is 0 Å². The van der Waals surface area contributed by atoms with E-state index in [0.717, 1.165) is 24.5 Å². The first kappa shape index (κ1) is 16.2. The van der Waals surface area contributed by atoms with Gasteiger partial charge in [0.15, 0.2) is 5.11 Å². The molecule has 1 aromatic carbocycles. The molecule has 1 aliphatic rings. The van der Waals surface area contributed by atoms with Crippen LogP contribution in [0.25, 0.3) is 0 Å². The molecule has 0 saturated carbocycles. The van der Waals surface area contributed by atoms with E-state index in [0.29, 0.717) is 6.04 Å². The second-order valence-electron chi connectivity index (χ2n) is 7.54. The highest BCUT2D eigenvalue weighted by atomic mass is 32.1. The summed E-state index contributed by atoms with van der Waals surface area (Å²) in [7, 11) is 0. The molecule has 1 fully saturated rings. The van der Waals surface area contributed by atoms with E-state index in [-0.39, 0.29) is 11.1 Å². The lowest BCUT2D eigenvalue weighted by Crippen LogP contribution is -3.06. The van der Waals surface area contributed by atoms with Gasteiger partial charge in [-0.1, -0.05) is 30.3 Å². The second-order valence-corrected chi connectivity index (χ2v) is 7.95. The minimum atomic E-state index is 0.258. The summed E-state index contributed by atoms with van der Waals surface area (Å²) in [6.45, 7) is 10.0. The van der Waals surface area contributed by atoms with Crippen molar-refractivity contribution in [2.24, 2.45) is 0 Å². The number of piperidine rings is 1. The van der Waals surface area contributed by atoms with E-state index < -0.39 is 0 Å². The highest BCUT2D eigenvalue weighted by Gasteiger charge is 2.41. The van der Waals surface area contributed by atoms with Crippen molar-refractivity contribution >= 4 is 17.3 Å². The van der Waals surface area contributed by atoms with Crippen molar-refractivity contribution in [3.8, 4) is 0 Å². The molecule has 0 amide bonds. The smallest absolute Gasteiger partial charge is 0.166 e. The van der Waals surface area contributed by atoms with Crippen LogP contribution in [-0.4, -0.2) is 22.2 Å². The molecular formula is C17H28N3S+.